The van der Waals surface area contributed by atoms with Gasteiger partial charge in [0.15, 0.2) is 0 Å². The first kappa shape index (κ1) is 26.1. The number of nitrogens with zero attached hydrogens (tertiary/aromatic N) is 4. The third-order valence-corrected chi connectivity index (χ3v) is 6.91. The van der Waals surface area contributed by atoms with Crippen LogP contribution in [0.15, 0.2) is 35.1 Å². The fourth-order valence-electron chi connectivity index (χ4n) is 4.71. The maximum atomic E-state index is 12.7. The lowest BCUT2D eigenvalue weighted by Gasteiger charge is -2.19. The van der Waals surface area contributed by atoms with Crippen molar-refractivity contribution in [1.82, 2.24) is 19.5 Å². The second-order valence-corrected chi connectivity index (χ2v) is 9.84. The van der Waals surface area contributed by atoms with Gasteiger partial charge in [0.05, 0.1) is 12.1 Å². The highest BCUT2D eigenvalue weighted by molar-refractivity contribution is 9.10. The lowest BCUT2D eigenvalue weighted by Crippen LogP contribution is -2.28. The minimum absolute atomic E-state index is 0.0915. The number of likely N-dealkylation sites (tertiary alicyclic amines) is 1. The third kappa shape index (κ3) is 6.06. The van der Waals surface area contributed by atoms with E-state index in [-0.39, 0.29) is 18.7 Å². The summed E-state index contributed by atoms with van der Waals surface area (Å²) >= 11 is 3.56. The predicted octanol–water partition coefficient (Wildman–Crippen LogP) is 5.73. The molecule has 0 unspecified atom stereocenters. The molecule has 0 N–H and O–H groups in total. The van der Waals surface area contributed by atoms with Crippen LogP contribution in [0.1, 0.15) is 62.9 Å². The number of hydrogen-bond acceptors (Lipinski definition) is 6. The highest BCUT2D eigenvalue weighted by atomic mass is 79.9. The molecule has 3 aromatic heterocycles. The molecule has 0 spiro atoms. The summed E-state index contributed by atoms with van der Waals surface area (Å²) in [6.07, 6.45) is 8.70. The second-order valence-electron chi connectivity index (χ2n) is 8.93. The monoisotopic (exact) mass is 556 g/mol. The van der Waals surface area contributed by atoms with Crippen molar-refractivity contribution in [3.63, 3.8) is 0 Å². The van der Waals surface area contributed by atoms with E-state index >= 15 is 0 Å². The molecule has 8 nitrogen and oxygen atoms in total. The molecule has 0 saturated carbocycles. The van der Waals surface area contributed by atoms with E-state index in [9.17, 15) is 9.59 Å². The van der Waals surface area contributed by atoms with Crippen molar-refractivity contribution in [2.24, 2.45) is 0 Å². The molecule has 1 fully saturated rings. The molecule has 4 heterocycles. The Kier molecular flexibility index (Phi) is 8.96. The summed E-state index contributed by atoms with van der Waals surface area (Å²) in [7, 11) is 0. The van der Waals surface area contributed by atoms with E-state index < -0.39 is 0 Å². The summed E-state index contributed by atoms with van der Waals surface area (Å²) in [4.78, 5) is 30.7. The first-order valence-corrected chi connectivity index (χ1v) is 13.5. The maximum absolute atomic E-state index is 12.7. The van der Waals surface area contributed by atoms with E-state index in [4.69, 9.17) is 14.6 Å². The standard InChI is InChI=1S/C27H33BrN4O4/c1-3-21-11-12-24-26(19-15-20(28)17-29-16-19)22(9-5-6-10-25(33)35-4-2)23(30-32(21)24)18-36-27(34)31-13-7-8-14-31/h11-12,15-17H,3-10,13-14,18H2,1-2H3. The molecular weight excluding hydrogens is 524 g/mol. The van der Waals surface area contributed by atoms with Gasteiger partial charge in [-0.2, -0.15) is 5.10 Å². The van der Waals surface area contributed by atoms with Gasteiger partial charge in [0.25, 0.3) is 0 Å². The van der Waals surface area contributed by atoms with Gasteiger partial charge in [0.2, 0.25) is 0 Å². The Morgan fingerprint density at radius 2 is 1.89 bits per heavy atom. The van der Waals surface area contributed by atoms with Gasteiger partial charge in [-0.25, -0.2) is 9.31 Å². The molecule has 4 rings (SSSR count). The van der Waals surface area contributed by atoms with Gasteiger partial charge < -0.3 is 14.4 Å². The predicted molar refractivity (Wildman–Crippen MR) is 141 cm³/mol. The molecule has 1 saturated heterocycles. The molecule has 0 radical (unpaired) electrons. The smallest absolute Gasteiger partial charge is 0.410 e. The van der Waals surface area contributed by atoms with Crippen LogP contribution in [0.3, 0.4) is 0 Å². The molecule has 0 bridgehead atoms. The van der Waals surface area contributed by atoms with E-state index in [0.29, 0.717) is 25.9 Å². The van der Waals surface area contributed by atoms with Gasteiger partial charge >= 0.3 is 12.1 Å². The number of aromatic nitrogens is 3. The summed E-state index contributed by atoms with van der Waals surface area (Å²) in [6, 6.07) is 6.22. The lowest BCUT2D eigenvalue weighted by molar-refractivity contribution is -0.143. The zero-order valence-electron chi connectivity index (χ0n) is 21.0. The number of rotatable bonds is 10. The lowest BCUT2D eigenvalue weighted by atomic mass is 9.95. The van der Waals surface area contributed by atoms with Crippen LogP contribution in [0.4, 0.5) is 4.79 Å². The number of hydrogen-bond donors (Lipinski definition) is 0. The Labute approximate surface area is 220 Å². The van der Waals surface area contributed by atoms with E-state index in [1.54, 1.807) is 11.1 Å². The fraction of sp³-hybridized carbons (Fsp3) is 0.481. The van der Waals surface area contributed by atoms with Crippen LogP contribution < -0.4 is 0 Å². The van der Waals surface area contributed by atoms with Crippen LogP contribution in [0.5, 0.6) is 0 Å². The van der Waals surface area contributed by atoms with Gasteiger partial charge in [0, 0.05) is 53.2 Å². The van der Waals surface area contributed by atoms with Crippen LogP contribution in [-0.2, 0) is 33.7 Å². The molecule has 36 heavy (non-hydrogen) atoms. The van der Waals surface area contributed by atoms with Gasteiger partial charge in [-0.15, -0.1) is 0 Å². The Morgan fingerprint density at radius 3 is 2.61 bits per heavy atom. The van der Waals surface area contributed by atoms with Crippen LogP contribution in [0, 0.1) is 0 Å². The number of carbonyl (C=O) groups excluding carboxylic acids is 2. The Balaban J connectivity index is 1.71. The average Bonchev–Trinajstić information content (AvgIpc) is 3.55. The van der Waals surface area contributed by atoms with E-state index in [2.05, 4.69) is 40.0 Å². The highest BCUT2D eigenvalue weighted by Crippen LogP contribution is 2.34. The van der Waals surface area contributed by atoms with E-state index in [1.165, 1.54) is 0 Å². The number of ether oxygens (including phenoxy) is 2. The molecule has 3 aromatic rings. The van der Waals surface area contributed by atoms with Crippen molar-refractivity contribution in [1.29, 1.82) is 0 Å². The quantitative estimate of drug-likeness (QED) is 0.234. The molecule has 0 aromatic carbocycles. The van der Waals surface area contributed by atoms with Gasteiger partial charge in [-0.3, -0.25) is 9.78 Å². The molecule has 1 amide bonds. The van der Waals surface area contributed by atoms with Crippen molar-refractivity contribution in [3.05, 3.63) is 52.0 Å². The SMILES string of the molecule is CCOC(=O)CCCCc1c(COC(=O)N2CCCC2)nn2c(CC)ccc2c1-c1cncc(Br)c1. The zero-order valence-corrected chi connectivity index (χ0v) is 22.6. The van der Waals surface area contributed by atoms with Crippen LogP contribution in [0.2, 0.25) is 0 Å². The fourth-order valence-corrected chi connectivity index (χ4v) is 5.07. The first-order chi connectivity index (χ1) is 17.5. The van der Waals surface area contributed by atoms with Crippen molar-refractivity contribution in [2.75, 3.05) is 19.7 Å². The van der Waals surface area contributed by atoms with Crippen LogP contribution in [-0.4, -0.2) is 51.3 Å². The topological polar surface area (TPSA) is 86.0 Å². The maximum Gasteiger partial charge on any atom is 0.410 e. The second kappa shape index (κ2) is 12.3. The minimum atomic E-state index is -0.295. The number of amides is 1. The number of aryl methyl sites for hydroxylation is 1. The molecular formula is C27H33BrN4O4. The molecule has 0 atom stereocenters. The van der Waals surface area contributed by atoms with E-state index in [1.807, 2.05) is 23.7 Å². The average molecular weight is 557 g/mol. The van der Waals surface area contributed by atoms with Crippen molar-refractivity contribution < 1.29 is 19.1 Å². The van der Waals surface area contributed by atoms with Crippen LogP contribution >= 0.6 is 15.9 Å². The van der Waals surface area contributed by atoms with E-state index in [0.717, 1.165) is 76.8 Å². The minimum Gasteiger partial charge on any atom is -0.466 e. The molecule has 1 aliphatic heterocycles. The largest absolute Gasteiger partial charge is 0.466 e. The molecule has 9 heteroatoms. The number of fused-ring (bicyclic) bond motifs is 1. The van der Waals surface area contributed by atoms with Gasteiger partial charge in [0.1, 0.15) is 12.3 Å². The zero-order chi connectivity index (χ0) is 25.5. The van der Waals surface area contributed by atoms with Gasteiger partial charge in [-0.1, -0.05) is 6.92 Å². The van der Waals surface area contributed by atoms with Gasteiger partial charge in [-0.05, 0) is 85.1 Å². The Bertz CT molecular complexity index is 1220. The third-order valence-electron chi connectivity index (χ3n) is 6.48. The summed E-state index contributed by atoms with van der Waals surface area (Å²) in [5.74, 6) is -0.179. The number of carbonyl (C=O) groups is 2. The summed E-state index contributed by atoms with van der Waals surface area (Å²) in [5, 5.41) is 4.95. The van der Waals surface area contributed by atoms with Crippen LogP contribution in [0.25, 0.3) is 16.6 Å². The molecule has 0 aliphatic carbocycles. The molecule has 1 aliphatic rings. The Hall–Kier alpha value is -2.94. The number of halogens is 1. The molecule has 192 valence electrons. The Morgan fingerprint density at radius 1 is 1.08 bits per heavy atom. The summed E-state index contributed by atoms with van der Waals surface area (Å²) < 4.78 is 13.7. The van der Waals surface area contributed by atoms with Crippen molar-refractivity contribution >= 4 is 33.5 Å². The van der Waals surface area contributed by atoms with Crippen molar-refractivity contribution in [3.8, 4) is 11.1 Å². The number of esters is 1. The number of unbranched alkanes of at least 4 members (excludes halogenated alkanes) is 1. The highest BCUT2D eigenvalue weighted by Gasteiger charge is 2.23. The first-order valence-electron chi connectivity index (χ1n) is 12.7. The summed E-state index contributed by atoms with van der Waals surface area (Å²) in [5.41, 5.74) is 5.80. The summed E-state index contributed by atoms with van der Waals surface area (Å²) in [6.45, 7) is 5.86. The normalized spacial score (nSPS) is 13.4. The van der Waals surface area contributed by atoms with Crippen molar-refractivity contribution in [2.45, 2.75) is 65.4 Å². The number of pyridine rings is 1.